The lowest BCUT2D eigenvalue weighted by Crippen LogP contribution is -2.37. The van der Waals surface area contributed by atoms with Gasteiger partial charge in [-0.05, 0) is 54.1 Å². The lowest BCUT2D eigenvalue weighted by atomic mass is 10.1. The van der Waals surface area contributed by atoms with E-state index in [0.29, 0.717) is 12.3 Å². The van der Waals surface area contributed by atoms with Crippen LogP contribution in [0.15, 0.2) is 71.6 Å². The number of ether oxygens (including phenoxy) is 1. The van der Waals surface area contributed by atoms with Gasteiger partial charge < -0.3 is 10.1 Å². The highest BCUT2D eigenvalue weighted by molar-refractivity contribution is 7.99. The number of nitrogens with one attached hydrogen (secondary N) is 1. The van der Waals surface area contributed by atoms with Crippen LogP contribution in [-0.2, 0) is 4.79 Å². The fourth-order valence-electron chi connectivity index (χ4n) is 2.52. The molecule has 0 bridgehead atoms. The Balaban J connectivity index is 1.45. The van der Waals surface area contributed by atoms with Crippen molar-refractivity contribution in [1.29, 1.82) is 0 Å². The van der Waals surface area contributed by atoms with Crippen molar-refractivity contribution in [1.82, 2.24) is 5.32 Å². The highest BCUT2D eigenvalue weighted by atomic mass is 35.5. The van der Waals surface area contributed by atoms with Crippen LogP contribution in [0.5, 0.6) is 5.75 Å². The van der Waals surface area contributed by atoms with E-state index in [1.807, 2.05) is 66.7 Å². The van der Waals surface area contributed by atoms with Crippen LogP contribution in [-0.4, -0.2) is 24.3 Å². The number of amides is 1. The molecule has 3 aromatic rings. The van der Waals surface area contributed by atoms with Crippen LogP contribution in [0.25, 0.3) is 10.8 Å². The Bertz CT molecular complexity index is 883. The average molecular weight is 386 g/mol. The Morgan fingerprint density at radius 1 is 1.08 bits per heavy atom. The summed E-state index contributed by atoms with van der Waals surface area (Å²) in [6.45, 7) is 2.34. The summed E-state index contributed by atoms with van der Waals surface area (Å²) in [5.41, 5.74) is 0. The molecule has 0 aliphatic rings. The van der Waals surface area contributed by atoms with Crippen LogP contribution < -0.4 is 10.1 Å². The van der Waals surface area contributed by atoms with E-state index < -0.39 is 6.10 Å². The molecule has 0 saturated carbocycles. The Morgan fingerprint density at radius 3 is 2.58 bits per heavy atom. The van der Waals surface area contributed by atoms with E-state index in [2.05, 4.69) is 5.32 Å². The van der Waals surface area contributed by atoms with Crippen LogP contribution in [0.3, 0.4) is 0 Å². The second-order valence-electron chi connectivity index (χ2n) is 5.86. The van der Waals surface area contributed by atoms with Crippen LogP contribution in [0.2, 0.25) is 5.02 Å². The number of thioether (sulfide) groups is 1. The topological polar surface area (TPSA) is 38.3 Å². The predicted molar refractivity (Wildman–Crippen MR) is 109 cm³/mol. The summed E-state index contributed by atoms with van der Waals surface area (Å²) in [6.07, 6.45) is -0.545. The van der Waals surface area contributed by atoms with Gasteiger partial charge in [0.2, 0.25) is 0 Å². The van der Waals surface area contributed by atoms with Crippen molar-refractivity contribution in [3.05, 3.63) is 71.8 Å². The minimum absolute atomic E-state index is 0.116. The zero-order chi connectivity index (χ0) is 18.4. The van der Waals surface area contributed by atoms with E-state index in [9.17, 15) is 4.79 Å². The van der Waals surface area contributed by atoms with Crippen LogP contribution in [0, 0.1) is 0 Å². The van der Waals surface area contributed by atoms with Crippen molar-refractivity contribution in [2.45, 2.75) is 17.9 Å². The van der Waals surface area contributed by atoms with Gasteiger partial charge in [-0.3, -0.25) is 4.79 Å². The monoisotopic (exact) mass is 385 g/mol. The second-order valence-corrected chi connectivity index (χ2v) is 7.47. The largest absolute Gasteiger partial charge is 0.481 e. The number of hydrogen-bond acceptors (Lipinski definition) is 3. The summed E-state index contributed by atoms with van der Waals surface area (Å²) in [4.78, 5) is 13.3. The third kappa shape index (κ3) is 5.16. The van der Waals surface area contributed by atoms with Crippen molar-refractivity contribution in [3.63, 3.8) is 0 Å². The second kappa shape index (κ2) is 8.97. The maximum Gasteiger partial charge on any atom is 0.260 e. The molecule has 26 heavy (non-hydrogen) atoms. The van der Waals surface area contributed by atoms with Crippen LogP contribution >= 0.6 is 23.4 Å². The number of hydrogen-bond donors (Lipinski definition) is 1. The van der Waals surface area contributed by atoms with Crippen molar-refractivity contribution < 1.29 is 9.53 Å². The molecule has 0 aliphatic heterocycles. The summed E-state index contributed by atoms with van der Waals surface area (Å²) in [7, 11) is 0. The van der Waals surface area contributed by atoms with Crippen LogP contribution in [0.4, 0.5) is 0 Å². The molecule has 134 valence electrons. The van der Waals surface area contributed by atoms with Crippen molar-refractivity contribution in [2.24, 2.45) is 0 Å². The Kier molecular flexibility index (Phi) is 6.42. The SMILES string of the molecule is C[C@@H](Oc1ccc2ccccc2c1)C(=O)NCCSc1ccc(Cl)cc1. The Labute approximate surface area is 162 Å². The van der Waals surface area contributed by atoms with Gasteiger partial charge in [-0.1, -0.05) is 41.9 Å². The molecule has 0 saturated heterocycles. The van der Waals surface area contributed by atoms with Gasteiger partial charge >= 0.3 is 0 Å². The number of halogens is 1. The molecule has 3 rings (SSSR count). The van der Waals surface area contributed by atoms with Crippen molar-refractivity contribution in [2.75, 3.05) is 12.3 Å². The number of benzene rings is 3. The van der Waals surface area contributed by atoms with Gasteiger partial charge in [-0.2, -0.15) is 0 Å². The first-order chi connectivity index (χ1) is 12.6. The molecule has 0 unspecified atom stereocenters. The Hall–Kier alpha value is -2.17. The molecule has 1 atom stereocenters. The highest BCUT2D eigenvalue weighted by Crippen LogP contribution is 2.22. The quantitative estimate of drug-likeness (QED) is 0.450. The summed E-state index contributed by atoms with van der Waals surface area (Å²) < 4.78 is 5.78. The Morgan fingerprint density at radius 2 is 1.81 bits per heavy atom. The standard InChI is InChI=1S/C21H20ClNO2S/c1-15(25-19-9-6-16-4-2-3-5-17(16)14-19)21(24)23-12-13-26-20-10-7-18(22)8-11-20/h2-11,14-15H,12-13H2,1H3,(H,23,24)/t15-/m1/s1. The molecule has 0 spiro atoms. The molecular formula is C21H20ClNO2S. The zero-order valence-corrected chi connectivity index (χ0v) is 16.0. The smallest absolute Gasteiger partial charge is 0.260 e. The summed E-state index contributed by atoms with van der Waals surface area (Å²) in [6, 6.07) is 21.6. The third-order valence-corrected chi connectivity index (χ3v) is 5.15. The molecule has 0 fully saturated rings. The summed E-state index contributed by atoms with van der Waals surface area (Å²) in [5, 5.41) is 5.88. The van der Waals surface area contributed by atoms with Crippen molar-refractivity contribution in [3.8, 4) is 5.75 Å². The molecular weight excluding hydrogens is 366 g/mol. The van der Waals surface area contributed by atoms with E-state index in [1.165, 1.54) is 0 Å². The molecule has 0 heterocycles. The third-order valence-electron chi connectivity index (χ3n) is 3.89. The van der Waals surface area contributed by atoms with Gasteiger partial charge in [0.1, 0.15) is 5.75 Å². The highest BCUT2D eigenvalue weighted by Gasteiger charge is 2.14. The summed E-state index contributed by atoms with van der Waals surface area (Å²) >= 11 is 7.54. The maximum absolute atomic E-state index is 12.2. The van der Waals surface area contributed by atoms with E-state index >= 15 is 0 Å². The normalized spacial score (nSPS) is 11.9. The fraction of sp³-hybridized carbons (Fsp3) is 0.190. The zero-order valence-electron chi connectivity index (χ0n) is 14.4. The minimum Gasteiger partial charge on any atom is -0.481 e. The van der Waals surface area contributed by atoms with E-state index in [-0.39, 0.29) is 5.91 Å². The number of carbonyl (C=O) groups is 1. The minimum atomic E-state index is -0.545. The lowest BCUT2D eigenvalue weighted by Gasteiger charge is -2.15. The van der Waals surface area contributed by atoms with Gasteiger partial charge in [0.05, 0.1) is 0 Å². The van der Waals surface area contributed by atoms with Gasteiger partial charge in [0.25, 0.3) is 5.91 Å². The van der Waals surface area contributed by atoms with Gasteiger partial charge in [-0.15, -0.1) is 11.8 Å². The van der Waals surface area contributed by atoms with E-state index in [1.54, 1.807) is 18.7 Å². The molecule has 0 aliphatic carbocycles. The number of rotatable bonds is 7. The number of fused-ring (bicyclic) bond motifs is 1. The predicted octanol–water partition coefficient (Wildman–Crippen LogP) is 5.17. The number of carbonyl (C=O) groups excluding carboxylic acids is 1. The molecule has 0 radical (unpaired) electrons. The fourth-order valence-corrected chi connectivity index (χ4v) is 3.41. The average Bonchev–Trinajstić information content (AvgIpc) is 2.66. The lowest BCUT2D eigenvalue weighted by molar-refractivity contribution is -0.127. The molecule has 3 aromatic carbocycles. The van der Waals surface area contributed by atoms with Gasteiger partial charge in [-0.25, -0.2) is 0 Å². The molecule has 3 nitrogen and oxygen atoms in total. The molecule has 5 heteroatoms. The maximum atomic E-state index is 12.2. The van der Waals surface area contributed by atoms with Crippen LogP contribution in [0.1, 0.15) is 6.92 Å². The van der Waals surface area contributed by atoms with Gasteiger partial charge in [0.15, 0.2) is 6.10 Å². The summed E-state index contributed by atoms with van der Waals surface area (Å²) in [5.74, 6) is 1.37. The molecule has 1 amide bonds. The molecule has 1 N–H and O–H groups in total. The van der Waals surface area contributed by atoms with E-state index in [0.717, 1.165) is 26.4 Å². The molecule has 0 aromatic heterocycles. The first-order valence-electron chi connectivity index (χ1n) is 8.43. The first kappa shape index (κ1) is 18.6. The first-order valence-corrected chi connectivity index (χ1v) is 9.80. The van der Waals surface area contributed by atoms with E-state index in [4.69, 9.17) is 16.3 Å². The van der Waals surface area contributed by atoms with Crippen molar-refractivity contribution >= 4 is 40.0 Å². The van der Waals surface area contributed by atoms with Gasteiger partial charge in [0, 0.05) is 22.2 Å².